The van der Waals surface area contributed by atoms with Gasteiger partial charge in [0, 0.05) is 10.6 Å². The summed E-state index contributed by atoms with van der Waals surface area (Å²) in [5.41, 5.74) is 5.63. The highest BCUT2D eigenvalue weighted by molar-refractivity contribution is 6.38. The molecule has 0 aliphatic heterocycles. The zero-order valence-corrected chi connectivity index (χ0v) is 20.7. The van der Waals surface area contributed by atoms with Gasteiger partial charge in [0.25, 0.3) is 11.8 Å². The summed E-state index contributed by atoms with van der Waals surface area (Å²) in [7, 11) is 0. The Morgan fingerprint density at radius 1 is 1.08 bits per heavy atom. The Kier molecular flexibility index (Phi) is 6.57. The minimum Gasteiger partial charge on any atom is -0.366 e. The number of nitrogens with two attached hydrogens (primary N) is 1. The monoisotopic (exact) mass is 564 g/mol. The zero-order valence-electron chi connectivity index (χ0n) is 19.2. The van der Waals surface area contributed by atoms with Crippen molar-refractivity contribution < 1.29 is 22.8 Å². The first kappa shape index (κ1) is 25.7. The fourth-order valence-corrected chi connectivity index (χ4v) is 4.28. The molecule has 2 aromatic carbocycles. The molecule has 0 atom stereocenters. The van der Waals surface area contributed by atoms with Crippen molar-refractivity contribution in [2.24, 2.45) is 5.73 Å². The van der Waals surface area contributed by atoms with Crippen molar-refractivity contribution in [3.8, 4) is 11.4 Å². The third-order valence-corrected chi connectivity index (χ3v) is 6.21. The smallest absolute Gasteiger partial charge is 0.366 e. The molecule has 4 aromatic rings. The van der Waals surface area contributed by atoms with Crippen LogP contribution < -0.4 is 11.1 Å². The highest BCUT2D eigenvalue weighted by atomic mass is 35.5. The third-order valence-electron chi connectivity index (χ3n) is 5.70. The number of carbonyl (C=O) groups is 2. The molecule has 38 heavy (non-hydrogen) atoms. The van der Waals surface area contributed by atoms with Gasteiger partial charge in [0.05, 0.1) is 33.6 Å². The van der Waals surface area contributed by atoms with Crippen LogP contribution in [0.25, 0.3) is 11.4 Å². The molecule has 196 valence electrons. The summed E-state index contributed by atoms with van der Waals surface area (Å²) >= 11 is 12.2. The molecule has 1 fully saturated rings. The van der Waals surface area contributed by atoms with Crippen LogP contribution in [0.4, 0.5) is 18.9 Å². The lowest BCUT2D eigenvalue weighted by atomic mass is 10.1. The number of hydrogen-bond acceptors (Lipinski definition) is 6. The zero-order chi connectivity index (χ0) is 27.2. The molecule has 10 nitrogen and oxygen atoms in total. The largest absolute Gasteiger partial charge is 0.416 e. The number of amides is 2. The van der Waals surface area contributed by atoms with Crippen LogP contribution in [0.2, 0.25) is 10.0 Å². The van der Waals surface area contributed by atoms with Gasteiger partial charge in [-0.3, -0.25) is 14.3 Å². The second-order valence-electron chi connectivity index (χ2n) is 8.54. The minimum atomic E-state index is -4.45. The lowest BCUT2D eigenvalue weighted by molar-refractivity contribution is -0.137. The van der Waals surface area contributed by atoms with Gasteiger partial charge < -0.3 is 11.1 Å². The Hall–Kier alpha value is -3.97. The van der Waals surface area contributed by atoms with Crippen molar-refractivity contribution in [2.45, 2.75) is 31.6 Å². The lowest BCUT2D eigenvalue weighted by Gasteiger charge is -2.12. The van der Waals surface area contributed by atoms with E-state index in [0.717, 1.165) is 25.0 Å². The van der Waals surface area contributed by atoms with Crippen LogP contribution in [0.3, 0.4) is 0 Å². The molecule has 1 aliphatic rings. The van der Waals surface area contributed by atoms with E-state index in [1.54, 1.807) is 10.7 Å². The Labute approximate surface area is 222 Å². The van der Waals surface area contributed by atoms with Gasteiger partial charge in [-0.15, -0.1) is 10.2 Å². The molecular formula is C23H17Cl2F3N8O2. The van der Waals surface area contributed by atoms with Crippen molar-refractivity contribution in [2.75, 3.05) is 5.32 Å². The summed E-state index contributed by atoms with van der Waals surface area (Å²) in [5.74, 6) is -1.25. The van der Waals surface area contributed by atoms with E-state index in [0.29, 0.717) is 11.3 Å². The van der Waals surface area contributed by atoms with Crippen LogP contribution in [-0.4, -0.2) is 41.8 Å². The highest BCUT2D eigenvalue weighted by Gasteiger charge is 2.31. The van der Waals surface area contributed by atoms with Crippen LogP contribution in [0.1, 0.15) is 51.0 Å². The van der Waals surface area contributed by atoms with Gasteiger partial charge in [0.1, 0.15) is 12.2 Å². The van der Waals surface area contributed by atoms with Crippen LogP contribution in [0.5, 0.6) is 0 Å². The van der Waals surface area contributed by atoms with Crippen molar-refractivity contribution in [3.05, 3.63) is 75.0 Å². The number of alkyl halides is 3. The molecule has 1 saturated carbocycles. The molecule has 0 radical (unpaired) electrons. The maximum atomic E-state index is 13.2. The molecule has 2 heterocycles. The van der Waals surface area contributed by atoms with Crippen molar-refractivity contribution in [1.82, 2.24) is 30.0 Å². The number of tetrazole rings is 1. The number of nitrogens with one attached hydrogen (secondary N) is 1. The normalized spacial score (nSPS) is 13.5. The first-order valence-electron chi connectivity index (χ1n) is 11.1. The lowest BCUT2D eigenvalue weighted by Crippen LogP contribution is -2.21. The fraction of sp³-hybridized carbons (Fsp3) is 0.217. The maximum absolute atomic E-state index is 13.2. The number of hydrogen-bond donors (Lipinski definition) is 2. The molecule has 3 N–H and O–H groups in total. The first-order valence-corrected chi connectivity index (χ1v) is 11.9. The molecule has 0 unspecified atom stereocenters. The van der Waals surface area contributed by atoms with E-state index in [4.69, 9.17) is 28.9 Å². The Morgan fingerprint density at radius 3 is 2.42 bits per heavy atom. The summed E-state index contributed by atoms with van der Waals surface area (Å²) in [6.07, 6.45) is -2.79. The first-order chi connectivity index (χ1) is 18.0. The summed E-state index contributed by atoms with van der Waals surface area (Å²) in [6, 6.07) is 8.64. The SMILES string of the molecule is NC(=O)c1cc(Cl)cc(Cl)c1NC(=O)c1cc(Cn2nnc(-c3ccc(C(F)(F)F)cc3)n2)nn1C1CC1. The van der Waals surface area contributed by atoms with Crippen molar-refractivity contribution in [3.63, 3.8) is 0 Å². The van der Waals surface area contributed by atoms with Gasteiger partial charge in [-0.1, -0.05) is 35.3 Å². The quantitative estimate of drug-likeness (QED) is 0.337. The minimum absolute atomic E-state index is 0.0206. The van der Waals surface area contributed by atoms with E-state index in [2.05, 4.69) is 25.8 Å². The average Bonchev–Trinajstić information content (AvgIpc) is 3.45. The number of primary amides is 1. The molecule has 1 aliphatic carbocycles. The number of benzene rings is 2. The van der Waals surface area contributed by atoms with Crippen LogP contribution in [0, 0.1) is 0 Å². The van der Waals surface area contributed by atoms with Crippen LogP contribution in [-0.2, 0) is 12.7 Å². The summed E-state index contributed by atoms with van der Waals surface area (Å²) in [5, 5.41) is 19.4. The van der Waals surface area contributed by atoms with Gasteiger partial charge >= 0.3 is 6.18 Å². The Morgan fingerprint density at radius 2 is 1.79 bits per heavy atom. The number of aromatic nitrogens is 6. The second kappa shape index (κ2) is 9.72. The van der Waals surface area contributed by atoms with Crippen molar-refractivity contribution >= 4 is 40.7 Å². The molecule has 2 aromatic heterocycles. The van der Waals surface area contributed by atoms with Gasteiger partial charge in [-0.2, -0.15) is 23.1 Å². The topological polar surface area (TPSA) is 134 Å². The van der Waals surface area contributed by atoms with E-state index in [-0.39, 0.29) is 45.4 Å². The van der Waals surface area contributed by atoms with Gasteiger partial charge in [0.2, 0.25) is 5.82 Å². The van der Waals surface area contributed by atoms with E-state index >= 15 is 0 Å². The molecule has 0 saturated heterocycles. The average molecular weight is 565 g/mol. The molecule has 0 bridgehead atoms. The summed E-state index contributed by atoms with van der Waals surface area (Å²) in [4.78, 5) is 26.3. The molecular weight excluding hydrogens is 548 g/mol. The Bertz CT molecular complexity index is 1550. The van der Waals surface area contributed by atoms with E-state index in [1.165, 1.54) is 29.1 Å². The fourth-order valence-electron chi connectivity index (χ4n) is 3.74. The maximum Gasteiger partial charge on any atom is 0.416 e. The van der Waals surface area contributed by atoms with Crippen LogP contribution >= 0.6 is 23.2 Å². The van der Waals surface area contributed by atoms with Crippen molar-refractivity contribution in [1.29, 1.82) is 0 Å². The number of carbonyl (C=O) groups excluding carboxylic acids is 2. The number of halogens is 5. The second-order valence-corrected chi connectivity index (χ2v) is 9.39. The van der Waals surface area contributed by atoms with E-state index in [1.807, 2.05) is 0 Å². The highest BCUT2D eigenvalue weighted by Crippen LogP contribution is 2.36. The predicted octanol–water partition coefficient (Wildman–Crippen LogP) is 4.60. The van der Waals surface area contributed by atoms with E-state index < -0.39 is 23.6 Å². The predicted molar refractivity (Wildman–Crippen MR) is 131 cm³/mol. The van der Waals surface area contributed by atoms with Gasteiger partial charge in [-0.05, 0) is 48.4 Å². The standard InChI is InChI=1S/C23H17Cl2F3N8O2/c24-13-7-16(20(29)37)19(17(25)8-13)30-22(38)18-9-14(32-36(18)15-5-6-15)10-35-33-21(31-34-35)11-1-3-12(4-2-11)23(26,27)28/h1-4,7-9,15H,5-6,10H2,(H2,29,37)(H,30,38). The Balaban J connectivity index is 1.37. The summed E-state index contributed by atoms with van der Waals surface area (Å²) < 4.78 is 40.0. The van der Waals surface area contributed by atoms with Gasteiger partial charge in [-0.25, -0.2) is 0 Å². The molecule has 15 heteroatoms. The van der Waals surface area contributed by atoms with Crippen LogP contribution in [0.15, 0.2) is 42.5 Å². The molecule has 5 rings (SSSR count). The molecule has 0 spiro atoms. The van der Waals surface area contributed by atoms with E-state index in [9.17, 15) is 22.8 Å². The number of nitrogens with zero attached hydrogens (tertiary/aromatic N) is 6. The number of rotatable bonds is 7. The number of anilines is 1. The molecule has 2 amide bonds. The van der Waals surface area contributed by atoms with Gasteiger partial charge in [0.15, 0.2) is 0 Å². The third kappa shape index (κ3) is 5.34. The summed E-state index contributed by atoms with van der Waals surface area (Å²) in [6.45, 7) is 0.0435.